The minimum absolute atomic E-state index is 0.320. The number of aryl methyl sites for hydroxylation is 3. The van der Waals surface area contributed by atoms with Gasteiger partial charge in [0.25, 0.3) is 0 Å². The molecule has 1 saturated heterocycles. The predicted octanol–water partition coefficient (Wildman–Crippen LogP) is 2.54. The summed E-state index contributed by atoms with van der Waals surface area (Å²) in [6.45, 7) is 7.27. The van der Waals surface area contributed by atoms with E-state index in [-0.39, 0.29) is 0 Å². The number of hydrogen-bond donors (Lipinski definition) is 0. The Hall–Kier alpha value is -2.11. The summed E-state index contributed by atoms with van der Waals surface area (Å²) in [7, 11) is 6.04. The molecule has 2 aromatic rings. The van der Waals surface area contributed by atoms with Crippen LogP contribution in [0.4, 0.5) is 11.8 Å². The van der Waals surface area contributed by atoms with Crippen molar-refractivity contribution in [3.8, 4) is 0 Å². The first-order valence-corrected chi connectivity index (χ1v) is 8.18. The molecule has 1 aliphatic heterocycles. The van der Waals surface area contributed by atoms with Crippen molar-refractivity contribution >= 4 is 11.8 Å². The van der Waals surface area contributed by atoms with E-state index >= 15 is 0 Å². The summed E-state index contributed by atoms with van der Waals surface area (Å²) in [5.41, 5.74) is 4.69. The molecule has 124 valence electrons. The first kappa shape index (κ1) is 15.8. The Kier molecular flexibility index (Phi) is 4.00. The quantitative estimate of drug-likeness (QED) is 0.871. The zero-order valence-corrected chi connectivity index (χ0v) is 15.0. The Labute approximate surface area is 138 Å². The van der Waals surface area contributed by atoms with E-state index in [0.29, 0.717) is 6.04 Å². The minimum Gasteiger partial charge on any atom is -0.363 e. The highest BCUT2D eigenvalue weighted by Gasteiger charge is 2.32. The van der Waals surface area contributed by atoms with E-state index in [0.717, 1.165) is 42.5 Å². The van der Waals surface area contributed by atoms with Crippen molar-refractivity contribution in [3.05, 3.63) is 28.7 Å². The maximum Gasteiger partial charge on any atom is 0.228 e. The van der Waals surface area contributed by atoms with Gasteiger partial charge in [-0.25, -0.2) is 4.98 Å². The number of nitrogens with zero attached hydrogens (tertiary/aromatic N) is 6. The average Bonchev–Trinajstić information content (AvgIpc) is 3.04. The average molecular weight is 314 g/mol. The third kappa shape index (κ3) is 2.78. The molecule has 0 spiro atoms. The van der Waals surface area contributed by atoms with Gasteiger partial charge < -0.3 is 9.80 Å². The van der Waals surface area contributed by atoms with Gasteiger partial charge in [0.2, 0.25) is 5.95 Å². The van der Waals surface area contributed by atoms with Crippen LogP contribution in [0.2, 0.25) is 0 Å². The molecule has 0 saturated carbocycles. The summed E-state index contributed by atoms with van der Waals surface area (Å²) in [5, 5.41) is 4.59. The lowest BCUT2D eigenvalue weighted by Gasteiger charge is -2.26. The molecule has 6 heteroatoms. The van der Waals surface area contributed by atoms with Crippen molar-refractivity contribution in [1.29, 1.82) is 0 Å². The molecule has 23 heavy (non-hydrogen) atoms. The Balaban J connectivity index is 2.02. The van der Waals surface area contributed by atoms with E-state index in [1.165, 1.54) is 11.3 Å². The number of aromatic nitrogens is 4. The fourth-order valence-corrected chi connectivity index (χ4v) is 3.47. The summed E-state index contributed by atoms with van der Waals surface area (Å²) < 4.78 is 1.98. The van der Waals surface area contributed by atoms with Crippen LogP contribution in [-0.4, -0.2) is 40.4 Å². The fourth-order valence-electron chi connectivity index (χ4n) is 3.47. The van der Waals surface area contributed by atoms with Crippen LogP contribution in [0.25, 0.3) is 0 Å². The number of rotatable bonds is 3. The van der Waals surface area contributed by atoms with Crippen molar-refractivity contribution in [3.63, 3.8) is 0 Å². The van der Waals surface area contributed by atoms with Crippen LogP contribution in [-0.2, 0) is 7.05 Å². The first-order valence-electron chi connectivity index (χ1n) is 8.18. The van der Waals surface area contributed by atoms with Crippen LogP contribution in [0.1, 0.15) is 41.5 Å². The van der Waals surface area contributed by atoms with Crippen molar-refractivity contribution in [1.82, 2.24) is 19.7 Å². The molecule has 6 nitrogen and oxygen atoms in total. The van der Waals surface area contributed by atoms with Gasteiger partial charge >= 0.3 is 0 Å². The predicted molar refractivity (Wildman–Crippen MR) is 93.1 cm³/mol. The Bertz CT molecular complexity index is 718. The molecule has 1 aliphatic rings. The van der Waals surface area contributed by atoms with Gasteiger partial charge in [0.05, 0.1) is 11.7 Å². The minimum atomic E-state index is 0.320. The first-order chi connectivity index (χ1) is 10.9. The Morgan fingerprint density at radius 1 is 1.17 bits per heavy atom. The van der Waals surface area contributed by atoms with E-state index < -0.39 is 0 Å². The third-order valence-corrected chi connectivity index (χ3v) is 4.69. The van der Waals surface area contributed by atoms with Gasteiger partial charge in [-0.05, 0) is 33.6 Å². The molecule has 1 atom stereocenters. The highest BCUT2D eigenvalue weighted by molar-refractivity contribution is 5.48. The summed E-state index contributed by atoms with van der Waals surface area (Å²) >= 11 is 0. The Morgan fingerprint density at radius 3 is 2.52 bits per heavy atom. The normalized spacial score (nSPS) is 17.8. The van der Waals surface area contributed by atoms with E-state index in [2.05, 4.69) is 23.8 Å². The lowest BCUT2D eigenvalue weighted by molar-refractivity contribution is 0.684. The molecule has 0 aromatic carbocycles. The van der Waals surface area contributed by atoms with E-state index in [1.807, 2.05) is 43.7 Å². The maximum absolute atomic E-state index is 4.77. The van der Waals surface area contributed by atoms with Gasteiger partial charge in [0.1, 0.15) is 5.82 Å². The van der Waals surface area contributed by atoms with Crippen LogP contribution >= 0.6 is 0 Å². The van der Waals surface area contributed by atoms with Crippen molar-refractivity contribution in [2.45, 2.75) is 39.7 Å². The maximum atomic E-state index is 4.77. The van der Waals surface area contributed by atoms with E-state index in [1.54, 1.807) is 0 Å². The van der Waals surface area contributed by atoms with Crippen LogP contribution in [0.5, 0.6) is 0 Å². The zero-order valence-electron chi connectivity index (χ0n) is 15.0. The molecule has 0 bridgehead atoms. The van der Waals surface area contributed by atoms with Gasteiger partial charge in [0.15, 0.2) is 0 Å². The van der Waals surface area contributed by atoms with Crippen molar-refractivity contribution in [2.75, 3.05) is 30.4 Å². The standard InChI is InChI=1S/C17H26N6/c1-11-10-15(21(4)5)19-17(18-11)23-9-7-8-14(23)16-12(2)20-22(6)13(16)3/h10,14H,7-9H2,1-6H3/t14-/m1/s1. The van der Waals surface area contributed by atoms with Crippen LogP contribution in [0.3, 0.4) is 0 Å². The molecule has 0 unspecified atom stereocenters. The van der Waals surface area contributed by atoms with Crippen molar-refractivity contribution in [2.24, 2.45) is 7.05 Å². The smallest absolute Gasteiger partial charge is 0.228 e. The van der Waals surface area contributed by atoms with Crippen LogP contribution in [0.15, 0.2) is 6.07 Å². The fraction of sp³-hybridized carbons (Fsp3) is 0.588. The van der Waals surface area contributed by atoms with Gasteiger partial charge in [-0.3, -0.25) is 4.68 Å². The summed E-state index contributed by atoms with van der Waals surface area (Å²) in [5.74, 6) is 1.79. The third-order valence-electron chi connectivity index (χ3n) is 4.69. The highest BCUT2D eigenvalue weighted by Crippen LogP contribution is 2.37. The molecule has 2 aromatic heterocycles. The molecule has 3 rings (SSSR count). The largest absolute Gasteiger partial charge is 0.363 e. The van der Waals surface area contributed by atoms with Gasteiger partial charge in [-0.1, -0.05) is 0 Å². The van der Waals surface area contributed by atoms with E-state index in [9.17, 15) is 0 Å². The Morgan fingerprint density at radius 2 is 1.91 bits per heavy atom. The lowest BCUT2D eigenvalue weighted by atomic mass is 10.0. The molecule has 3 heterocycles. The van der Waals surface area contributed by atoms with Crippen molar-refractivity contribution < 1.29 is 0 Å². The summed E-state index contributed by atoms with van der Waals surface area (Å²) in [4.78, 5) is 13.8. The second-order valence-corrected chi connectivity index (χ2v) is 6.62. The molecule has 0 aliphatic carbocycles. The number of hydrogen-bond acceptors (Lipinski definition) is 5. The topological polar surface area (TPSA) is 50.1 Å². The molecule has 0 N–H and O–H groups in total. The molecule has 0 radical (unpaired) electrons. The van der Waals surface area contributed by atoms with Gasteiger partial charge in [-0.2, -0.15) is 10.1 Å². The number of anilines is 2. The zero-order chi connectivity index (χ0) is 16.7. The second kappa shape index (κ2) is 5.83. The van der Waals surface area contributed by atoms with Crippen LogP contribution < -0.4 is 9.80 Å². The summed E-state index contributed by atoms with van der Waals surface area (Å²) in [6.07, 6.45) is 2.29. The summed E-state index contributed by atoms with van der Waals surface area (Å²) in [6, 6.07) is 2.34. The SMILES string of the molecule is Cc1cc(N(C)C)nc(N2CCC[C@@H]2c2c(C)nn(C)c2C)n1. The monoisotopic (exact) mass is 314 g/mol. The lowest BCUT2D eigenvalue weighted by Crippen LogP contribution is -2.26. The highest BCUT2D eigenvalue weighted by atomic mass is 15.3. The van der Waals surface area contributed by atoms with E-state index in [4.69, 9.17) is 9.97 Å². The van der Waals surface area contributed by atoms with Crippen LogP contribution in [0, 0.1) is 20.8 Å². The molecular weight excluding hydrogens is 288 g/mol. The molecule has 1 fully saturated rings. The second-order valence-electron chi connectivity index (χ2n) is 6.62. The molecular formula is C17H26N6. The van der Waals surface area contributed by atoms with Gasteiger partial charge in [-0.15, -0.1) is 0 Å². The van der Waals surface area contributed by atoms with Gasteiger partial charge in [0, 0.05) is 50.7 Å². The molecule has 0 amide bonds.